The van der Waals surface area contributed by atoms with Crippen molar-refractivity contribution in [1.29, 1.82) is 0 Å². The number of likely N-dealkylation sites (tertiary alicyclic amines) is 1. The van der Waals surface area contributed by atoms with Crippen LogP contribution < -0.4 is 5.32 Å². The average Bonchev–Trinajstić information content (AvgIpc) is 3.24. The molecular weight excluding hydrogens is 390 g/mol. The zero-order chi connectivity index (χ0) is 21.5. The molecule has 1 fully saturated rings. The van der Waals surface area contributed by atoms with E-state index >= 15 is 0 Å². The first-order valence-electron chi connectivity index (χ1n) is 10.9. The van der Waals surface area contributed by atoms with Gasteiger partial charge in [-0.3, -0.25) is 19.3 Å². The molecule has 0 saturated carbocycles. The summed E-state index contributed by atoms with van der Waals surface area (Å²) >= 11 is 0. The third-order valence-electron chi connectivity index (χ3n) is 6.53. The minimum absolute atomic E-state index is 0.0963. The molecule has 6 nitrogen and oxygen atoms in total. The number of hydrogen-bond acceptors (Lipinski definition) is 3. The number of allylic oxidation sites excluding steroid dienone is 2. The Bertz CT molecular complexity index is 1210. The Hall–Kier alpha value is -3.41. The first-order chi connectivity index (χ1) is 15.1. The van der Waals surface area contributed by atoms with E-state index in [9.17, 15) is 14.4 Å². The summed E-state index contributed by atoms with van der Waals surface area (Å²) in [5.41, 5.74) is 3.02. The molecule has 158 valence electrons. The molecule has 0 radical (unpaired) electrons. The lowest BCUT2D eigenvalue weighted by Gasteiger charge is -2.14. The number of amides is 3. The highest BCUT2D eigenvalue weighted by Gasteiger charge is 2.46. The fourth-order valence-corrected chi connectivity index (χ4v) is 5.00. The fraction of sp³-hybridized carbons (Fsp3) is 0.320. The largest absolute Gasteiger partial charge is 0.341 e. The van der Waals surface area contributed by atoms with Gasteiger partial charge < -0.3 is 9.88 Å². The van der Waals surface area contributed by atoms with Crippen LogP contribution in [0.3, 0.4) is 0 Å². The normalized spacial score (nSPS) is 20.6. The van der Waals surface area contributed by atoms with Gasteiger partial charge in [0.1, 0.15) is 0 Å². The SMILES string of the molecule is CCn1c2ccccc2c2cc(NC(=O)CCN3C(=O)[C@H]4CC=CC[C@H]4C3=O)ccc21. The highest BCUT2D eigenvalue weighted by Crippen LogP contribution is 2.35. The van der Waals surface area contributed by atoms with Gasteiger partial charge >= 0.3 is 0 Å². The second-order valence-electron chi connectivity index (χ2n) is 8.28. The molecule has 6 heteroatoms. The first kappa shape index (κ1) is 19.5. The Morgan fingerprint density at radius 1 is 0.968 bits per heavy atom. The Labute approximate surface area is 180 Å². The molecule has 1 aromatic heterocycles. The van der Waals surface area contributed by atoms with Gasteiger partial charge in [0.15, 0.2) is 0 Å². The van der Waals surface area contributed by atoms with Gasteiger partial charge in [0, 0.05) is 47.0 Å². The minimum atomic E-state index is -0.251. The molecule has 2 aromatic carbocycles. The quantitative estimate of drug-likeness (QED) is 0.504. The van der Waals surface area contributed by atoms with E-state index in [4.69, 9.17) is 0 Å². The summed E-state index contributed by atoms with van der Waals surface area (Å²) in [6.07, 6.45) is 5.26. The second kappa shape index (κ2) is 7.69. The third kappa shape index (κ3) is 3.23. The van der Waals surface area contributed by atoms with Crippen molar-refractivity contribution in [2.45, 2.75) is 32.7 Å². The molecule has 1 aliphatic heterocycles. The van der Waals surface area contributed by atoms with Gasteiger partial charge in [0.2, 0.25) is 17.7 Å². The third-order valence-corrected chi connectivity index (χ3v) is 6.53. The molecule has 31 heavy (non-hydrogen) atoms. The monoisotopic (exact) mass is 415 g/mol. The summed E-state index contributed by atoms with van der Waals surface area (Å²) in [6.45, 7) is 3.12. The van der Waals surface area contributed by atoms with Crippen LogP contribution >= 0.6 is 0 Å². The summed E-state index contributed by atoms with van der Waals surface area (Å²) in [5, 5.41) is 5.18. The van der Waals surface area contributed by atoms with Crippen molar-refractivity contribution in [3.8, 4) is 0 Å². The molecule has 0 spiro atoms. The number of carbonyl (C=O) groups is 3. The summed E-state index contributed by atoms with van der Waals surface area (Å²) in [4.78, 5) is 39.0. The summed E-state index contributed by atoms with van der Waals surface area (Å²) in [7, 11) is 0. The first-order valence-corrected chi connectivity index (χ1v) is 10.9. The molecule has 1 N–H and O–H groups in total. The van der Waals surface area contributed by atoms with Crippen LogP contribution in [-0.2, 0) is 20.9 Å². The maximum Gasteiger partial charge on any atom is 0.233 e. The predicted octanol–water partition coefficient (Wildman–Crippen LogP) is 4.09. The number of imide groups is 1. The minimum Gasteiger partial charge on any atom is -0.341 e. The maximum absolute atomic E-state index is 12.6. The van der Waals surface area contributed by atoms with Crippen LogP contribution in [0.25, 0.3) is 21.8 Å². The number of hydrogen-bond donors (Lipinski definition) is 1. The number of nitrogens with zero attached hydrogens (tertiary/aromatic N) is 2. The Balaban J connectivity index is 1.30. The van der Waals surface area contributed by atoms with Gasteiger partial charge in [-0.2, -0.15) is 0 Å². The van der Waals surface area contributed by atoms with Gasteiger partial charge in [0.25, 0.3) is 0 Å². The Morgan fingerprint density at radius 2 is 1.65 bits per heavy atom. The number of aryl methyl sites for hydroxylation is 1. The standard InChI is InChI=1S/C25H25N3O3/c1-2-27-21-10-6-5-7-17(21)20-15-16(11-12-22(20)27)26-23(29)13-14-28-24(30)18-8-3-4-9-19(18)25(28)31/h3-7,10-12,15,18-19H,2,8-9,13-14H2,1H3,(H,26,29)/t18-,19+. The summed E-state index contributed by atoms with van der Waals surface area (Å²) in [5.74, 6) is -0.980. The number of fused-ring (bicyclic) bond motifs is 4. The van der Waals surface area contributed by atoms with Crippen LogP contribution in [0.1, 0.15) is 26.2 Å². The van der Waals surface area contributed by atoms with Gasteiger partial charge in [-0.25, -0.2) is 0 Å². The van der Waals surface area contributed by atoms with Crippen LogP contribution in [0.15, 0.2) is 54.6 Å². The molecular formula is C25H25N3O3. The number of benzene rings is 2. The van der Waals surface area contributed by atoms with E-state index in [0.717, 1.165) is 22.8 Å². The highest BCUT2D eigenvalue weighted by molar-refractivity contribution is 6.10. The number of anilines is 1. The molecule has 2 atom stereocenters. The molecule has 3 amide bonds. The van der Waals surface area contributed by atoms with Crippen molar-refractivity contribution in [2.75, 3.05) is 11.9 Å². The topological polar surface area (TPSA) is 71.4 Å². The molecule has 5 rings (SSSR count). The highest BCUT2D eigenvalue weighted by atomic mass is 16.2. The molecule has 2 aliphatic rings. The van der Waals surface area contributed by atoms with E-state index in [1.807, 2.05) is 42.5 Å². The van der Waals surface area contributed by atoms with Crippen molar-refractivity contribution in [2.24, 2.45) is 11.8 Å². The van der Waals surface area contributed by atoms with Crippen LogP contribution in [0.4, 0.5) is 5.69 Å². The molecule has 1 saturated heterocycles. The van der Waals surface area contributed by atoms with Gasteiger partial charge in [0.05, 0.1) is 11.8 Å². The van der Waals surface area contributed by atoms with Crippen LogP contribution in [-0.4, -0.2) is 33.7 Å². The lowest BCUT2D eigenvalue weighted by atomic mass is 9.85. The number of nitrogens with one attached hydrogen (secondary N) is 1. The van der Waals surface area contributed by atoms with E-state index in [1.54, 1.807) is 0 Å². The van der Waals surface area contributed by atoms with Gasteiger partial charge in [-0.15, -0.1) is 0 Å². The van der Waals surface area contributed by atoms with Crippen molar-refractivity contribution in [1.82, 2.24) is 9.47 Å². The van der Waals surface area contributed by atoms with Crippen molar-refractivity contribution in [3.63, 3.8) is 0 Å². The zero-order valence-electron chi connectivity index (χ0n) is 17.5. The van der Waals surface area contributed by atoms with Crippen molar-refractivity contribution in [3.05, 3.63) is 54.6 Å². The zero-order valence-corrected chi connectivity index (χ0v) is 17.5. The number of rotatable bonds is 5. The molecule has 3 aromatic rings. The predicted molar refractivity (Wildman–Crippen MR) is 120 cm³/mol. The Kier molecular flexibility index (Phi) is 4.85. The van der Waals surface area contributed by atoms with Gasteiger partial charge in [-0.1, -0.05) is 30.4 Å². The van der Waals surface area contributed by atoms with Gasteiger partial charge in [-0.05, 0) is 44.0 Å². The molecule has 0 unspecified atom stereocenters. The molecule has 1 aliphatic carbocycles. The van der Waals surface area contributed by atoms with Crippen molar-refractivity contribution >= 4 is 45.2 Å². The van der Waals surface area contributed by atoms with E-state index in [-0.39, 0.29) is 42.5 Å². The number of aromatic nitrogens is 1. The second-order valence-corrected chi connectivity index (χ2v) is 8.28. The molecule has 2 heterocycles. The van der Waals surface area contributed by atoms with E-state index < -0.39 is 0 Å². The lowest BCUT2D eigenvalue weighted by molar-refractivity contribution is -0.140. The fourth-order valence-electron chi connectivity index (χ4n) is 5.00. The number of para-hydroxylation sites is 1. The smallest absolute Gasteiger partial charge is 0.233 e. The lowest BCUT2D eigenvalue weighted by Crippen LogP contribution is -2.34. The van der Waals surface area contributed by atoms with E-state index in [2.05, 4.69) is 28.9 Å². The maximum atomic E-state index is 12.6. The van der Waals surface area contributed by atoms with Crippen LogP contribution in [0.2, 0.25) is 0 Å². The number of carbonyl (C=O) groups excluding carboxylic acids is 3. The summed E-state index contributed by atoms with van der Waals surface area (Å²) in [6, 6.07) is 14.2. The summed E-state index contributed by atoms with van der Waals surface area (Å²) < 4.78 is 2.26. The van der Waals surface area contributed by atoms with E-state index in [0.29, 0.717) is 18.5 Å². The Morgan fingerprint density at radius 3 is 2.35 bits per heavy atom. The average molecular weight is 415 g/mol. The molecule has 0 bridgehead atoms. The van der Waals surface area contributed by atoms with E-state index in [1.165, 1.54) is 10.4 Å². The van der Waals surface area contributed by atoms with Crippen LogP contribution in [0, 0.1) is 11.8 Å². The van der Waals surface area contributed by atoms with Crippen LogP contribution in [0.5, 0.6) is 0 Å². The van der Waals surface area contributed by atoms with Crippen molar-refractivity contribution < 1.29 is 14.4 Å².